The molecule has 0 aliphatic heterocycles. The van der Waals surface area contributed by atoms with E-state index in [0.29, 0.717) is 27.9 Å². The molecule has 0 unspecified atom stereocenters. The fraction of sp³-hybridized carbons (Fsp3) is 0.188. The number of nitrogens with zero attached hydrogens (tertiary/aromatic N) is 2. The maximum Gasteiger partial charge on any atom is 0.270 e. The Morgan fingerprint density at radius 3 is 2.38 bits per heavy atom. The van der Waals surface area contributed by atoms with E-state index in [2.05, 4.69) is 17.6 Å². The number of ether oxygens (including phenoxy) is 1. The van der Waals surface area contributed by atoms with Crippen LogP contribution in [0.4, 0.5) is 0 Å². The van der Waals surface area contributed by atoms with Gasteiger partial charge in [-0.3, -0.25) is 0 Å². The number of imidazole rings is 1. The minimum Gasteiger partial charge on any atom is -0.508 e. The average molecular weight is 364 g/mol. The zero-order chi connectivity index (χ0) is 17.6. The topological polar surface area (TPSA) is 81.4 Å². The third-order valence-electron chi connectivity index (χ3n) is 3.75. The molecule has 1 heterocycles. The van der Waals surface area contributed by atoms with Crippen molar-refractivity contribution in [3.8, 4) is 11.5 Å². The summed E-state index contributed by atoms with van der Waals surface area (Å²) < 4.78 is 32.6. The van der Waals surface area contributed by atoms with E-state index in [1.54, 1.807) is 32.0 Å². The number of benzene rings is 2. The molecule has 3 aromatic rings. The quantitative estimate of drug-likeness (QED) is 0.699. The second-order valence-corrected chi connectivity index (χ2v) is 7.57. The number of thiol groups is 1. The number of phenolic OH excluding ortho intramolecular Hbond substituents is 1. The van der Waals surface area contributed by atoms with Gasteiger partial charge < -0.3 is 9.84 Å². The van der Waals surface area contributed by atoms with Gasteiger partial charge in [0.2, 0.25) is 0 Å². The van der Waals surface area contributed by atoms with Gasteiger partial charge in [-0.05, 0) is 49.2 Å². The Labute approximate surface area is 145 Å². The van der Waals surface area contributed by atoms with Gasteiger partial charge in [-0.15, -0.1) is 12.6 Å². The van der Waals surface area contributed by atoms with Gasteiger partial charge >= 0.3 is 0 Å². The summed E-state index contributed by atoms with van der Waals surface area (Å²) in [6.45, 7) is 3.28. The third-order valence-corrected chi connectivity index (χ3v) is 6.19. The number of aromatic nitrogens is 2. The van der Waals surface area contributed by atoms with E-state index in [0.717, 1.165) is 3.97 Å². The number of aromatic hydroxyl groups is 1. The number of aryl methyl sites for hydroxylation is 2. The Kier molecular flexibility index (Phi) is 3.97. The molecule has 2 aromatic carbocycles. The molecule has 0 aliphatic rings. The summed E-state index contributed by atoms with van der Waals surface area (Å²) in [5, 5.41) is 9.72. The molecule has 0 aliphatic carbocycles. The van der Waals surface area contributed by atoms with Gasteiger partial charge in [0, 0.05) is 6.07 Å². The number of methoxy groups -OCH3 is 1. The molecule has 6 nitrogen and oxygen atoms in total. The standard InChI is InChI=1S/C16H16N2O4S2/c1-9-6-11(19)7-10(2)15(9)24(20,21)18-14-5-4-12(22-3)8-13(14)17-16(18)23/h4-8,19H,1-3H3,(H,17,23). The third kappa shape index (κ3) is 2.51. The maximum atomic E-state index is 13.2. The van der Waals surface area contributed by atoms with Crippen molar-refractivity contribution >= 4 is 33.7 Å². The first-order valence-electron chi connectivity index (χ1n) is 7.07. The SMILES string of the molecule is COc1ccc2c(c1)nc(S)n2S(=O)(=O)c1c(C)cc(O)cc1C. The molecule has 0 spiro atoms. The van der Waals surface area contributed by atoms with E-state index in [9.17, 15) is 13.5 Å². The van der Waals surface area contributed by atoms with Gasteiger partial charge in [0.25, 0.3) is 10.0 Å². The Hall–Kier alpha value is -2.19. The lowest BCUT2D eigenvalue weighted by Gasteiger charge is -2.14. The van der Waals surface area contributed by atoms with Crippen LogP contribution in [0.2, 0.25) is 0 Å². The molecule has 0 atom stereocenters. The van der Waals surface area contributed by atoms with E-state index in [1.165, 1.54) is 19.2 Å². The van der Waals surface area contributed by atoms with Crippen molar-refractivity contribution in [2.24, 2.45) is 0 Å². The first-order valence-corrected chi connectivity index (χ1v) is 8.95. The predicted molar refractivity (Wildman–Crippen MR) is 93.7 cm³/mol. The highest BCUT2D eigenvalue weighted by Crippen LogP contribution is 2.31. The summed E-state index contributed by atoms with van der Waals surface area (Å²) in [5.74, 6) is 0.602. The van der Waals surface area contributed by atoms with Crippen LogP contribution in [0.5, 0.6) is 11.5 Å². The van der Waals surface area contributed by atoms with E-state index in [4.69, 9.17) is 4.74 Å². The molecule has 0 bridgehead atoms. The first kappa shape index (κ1) is 16.7. The van der Waals surface area contributed by atoms with Crippen LogP contribution in [0, 0.1) is 13.8 Å². The Bertz CT molecular complexity index is 1030. The van der Waals surface area contributed by atoms with Crippen molar-refractivity contribution in [3.05, 3.63) is 41.5 Å². The van der Waals surface area contributed by atoms with Crippen LogP contribution in [-0.2, 0) is 10.0 Å². The molecule has 0 amide bonds. The van der Waals surface area contributed by atoms with Crippen LogP contribution in [0.15, 0.2) is 40.4 Å². The molecule has 0 fully saturated rings. The van der Waals surface area contributed by atoms with Crippen LogP contribution < -0.4 is 4.74 Å². The van der Waals surface area contributed by atoms with Gasteiger partial charge in [-0.25, -0.2) is 17.4 Å². The zero-order valence-electron chi connectivity index (χ0n) is 13.3. The number of rotatable bonds is 3. The lowest BCUT2D eigenvalue weighted by atomic mass is 10.1. The second kappa shape index (κ2) is 5.71. The zero-order valence-corrected chi connectivity index (χ0v) is 15.0. The lowest BCUT2D eigenvalue weighted by Crippen LogP contribution is -2.16. The average Bonchev–Trinajstić information content (AvgIpc) is 2.80. The van der Waals surface area contributed by atoms with E-state index in [1.807, 2.05) is 0 Å². The highest BCUT2D eigenvalue weighted by Gasteiger charge is 2.27. The summed E-state index contributed by atoms with van der Waals surface area (Å²) >= 11 is 4.23. The van der Waals surface area contributed by atoms with Gasteiger partial charge in [0.15, 0.2) is 5.16 Å². The van der Waals surface area contributed by atoms with Crippen molar-refractivity contribution in [1.82, 2.24) is 8.96 Å². The normalized spacial score (nSPS) is 11.8. The van der Waals surface area contributed by atoms with E-state index in [-0.39, 0.29) is 15.8 Å². The van der Waals surface area contributed by atoms with Crippen LogP contribution in [0.3, 0.4) is 0 Å². The molecule has 1 aromatic heterocycles. The largest absolute Gasteiger partial charge is 0.508 e. The van der Waals surface area contributed by atoms with Crippen LogP contribution >= 0.6 is 12.6 Å². The molecule has 8 heteroatoms. The van der Waals surface area contributed by atoms with E-state index < -0.39 is 10.0 Å². The molecular weight excluding hydrogens is 348 g/mol. The van der Waals surface area contributed by atoms with Crippen LogP contribution in [-0.4, -0.2) is 29.6 Å². The predicted octanol–water partition coefficient (Wildman–Crippen LogP) is 2.89. The monoisotopic (exact) mass is 364 g/mol. The van der Waals surface area contributed by atoms with Gasteiger partial charge in [0.05, 0.1) is 23.0 Å². The van der Waals surface area contributed by atoms with Gasteiger partial charge in [-0.1, -0.05) is 0 Å². The summed E-state index contributed by atoms with van der Waals surface area (Å²) in [5.41, 5.74) is 1.79. The number of fused-ring (bicyclic) bond motifs is 1. The summed E-state index contributed by atoms with van der Waals surface area (Å²) in [6.07, 6.45) is 0. The molecule has 126 valence electrons. The minimum absolute atomic E-state index is 0.0234. The van der Waals surface area contributed by atoms with Crippen LogP contribution in [0.25, 0.3) is 11.0 Å². The summed E-state index contributed by atoms with van der Waals surface area (Å²) in [4.78, 5) is 4.34. The second-order valence-electron chi connectivity index (χ2n) is 5.44. The smallest absolute Gasteiger partial charge is 0.270 e. The molecule has 0 saturated carbocycles. The molecule has 0 saturated heterocycles. The fourth-order valence-corrected chi connectivity index (χ4v) is 5.14. The van der Waals surface area contributed by atoms with Gasteiger partial charge in [-0.2, -0.15) is 0 Å². The van der Waals surface area contributed by atoms with Crippen LogP contribution in [0.1, 0.15) is 11.1 Å². The number of hydrogen-bond acceptors (Lipinski definition) is 6. The lowest BCUT2D eigenvalue weighted by molar-refractivity contribution is 0.415. The van der Waals surface area contributed by atoms with Crippen molar-refractivity contribution in [2.45, 2.75) is 23.9 Å². The van der Waals surface area contributed by atoms with Crippen molar-refractivity contribution in [3.63, 3.8) is 0 Å². The van der Waals surface area contributed by atoms with E-state index >= 15 is 0 Å². The fourth-order valence-electron chi connectivity index (χ4n) is 2.81. The summed E-state index contributed by atoms with van der Waals surface area (Å²) in [7, 11) is -2.40. The molecule has 3 rings (SSSR count). The molecular formula is C16H16N2O4S2. The number of hydrogen-bond donors (Lipinski definition) is 2. The molecule has 0 radical (unpaired) electrons. The highest BCUT2D eigenvalue weighted by molar-refractivity contribution is 7.91. The van der Waals surface area contributed by atoms with Crippen molar-refractivity contribution in [1.29, 1.82) is 0 Å². The highest BCUT2D eigenvalue weighted by atomic mass is 32.2. The first-order chi connectivity index (χ1) is 11.3. The Morgan fingerprint density at radius 1 is 1.17 bits per heavy atom. The number of phenols is 1. The Morgan fingerprint density at radius 2 is 1.79 bits per heavy atom. The van der Waals surface area contributed by atoms with Crippen molar-refractivity contribution < 1.29 is 18.3 Å². The molecule has 1 N–H and O–H groups in total. The van der Waals surface area contributed by atoms with Gasteiger partial charge in [0.1, 0.15) is 11.5 Å². The minimum atomic E-state index is -3.92. The summed E-state index contributed by atoms with van der Waals surface area (Å²) in [6, 6.07) is 7.78. The van der Waals surface area contributed by atoms with Crippen molar-refractivity contribution in [2.75, 3.05) is 7.11 Å². The Balaban J connectivity index is 2.32. The molecule has 24 heavy (non-hydrogen) atoms. The maximum absolute atomic E-state index is 13.2.